The first-order chi connectivity index (χ1) is 17.4. The Hall–Kier alpha value is -3.98. The summed E-state index contributed by atoms with van der Waals surface area (Å²) in [5, 5.41) is 0. The van der Waals surface area contributed by atoms with Gasteiger partial charge in [0.1, 0.15) is 23.3 Å². The van der Waals surface area contributed by atoms with Crippen molar-refractivity contribution in [1.29, 1.82) is 0 Å². The van der Waals surface area contributed by atoms with Crippen molar-refractivity contribution in [2.45, 2.75) is 0 Å². The third-order valence-electron chi connectivity index (χ3n) is 6.87. The van der Waals surface area contributed by atoms with Gasteiger partial charge in [0.15, 0.2) is 0 Å². The van der Waals surface area contributed by atoms with Gasteiger partial charge in [0.25, 0.3) is 0 Å². The Morgan fingerprint density at radius 3 is 2.08 bits per heavy atom. The van der Waals surface area contributed by atoms with E-state index in [-0.39, 0.29) is 11.4 Å². The van der Waals surface area contributed by atoms with Crippen LogP contribution in [0, 0.1) is 11.6 Å². The van der Waals surface area contributed by atoms with Gasteiger partial charge in [-0.2, -0.15) is 0 Å². The molecule has 184 valence electrons. The quantitative estimate of drug-likeness (QED) is 0.379. The fraction of sp³-hybridized carbons (Fsp3) is 0.259. The lowest BCUT2D eigenvalue weighted by atomic mass is 10.1. The van der Waals surface area contributed by atoms with Crippen LogP contribution < -0.4 is 9.80 Å². The number of nitrogens with zero attached hydrogens (tertiary/aromatic N) is 5. The smallest absolute Gasteiger partial charge is 0.144 e. The molecule has 1 fully saturated rings. The SMILES string of the molecule is CN1CCN(c2ccc3nc(-c4ccc5nc(-c6c(F)cc(N(C)C)cc6F)[nH]c5c4)[nH]c3c2)CC1. The van der Waals surface area contributed by atoms with Crippen LogP contribution in [-0.4, -0.2) is 72.2 Å². The van der Waals surface area contributed by atoms with Crippen LogP contribution in [0.5, 0.6) is 0 Å². The molecule has 2 aromatic heterocycles. The molecule has 1 aliphatic heterocycles. The van der Waals surface area contributed by atoms with Crippen LogP contribution in [0.15, 0.2) is 48.5 Å². The molecule has 1 aliphatic rings. The Labute approximate surface area is 207 Å². The molecule has 5 aromatic rings. The molecule has 36 heavy (non-hydrogen) atoms. The maximum Gasteiger partial charge on any atom is 0.144 e. The predicted octanol–water partition coefficient (Wildman–Crippen LogP) is 4.87. The molecule has 0 atom stereocenters. The number of piperazine rings is 1. The van der Waals surface area contributed by atoms with E-state index in [0.29, 0.717) is 16.7 Å². The summed E-state index contributed by atoms with van der Waals surface area (Å²) in [6, 6.07) is 14.6. The summed E-state index contributed by atoms with van der Waals surface area (Å²) in [5.74, 6) is -0.437. The van der Waals surface area contributed by atoms with Gasteiger partial charge in [-0.25, -0.2) is 18.7 Å². The van der Waals surface area contributed by atoms with Crippen molar-refractivity contribution in [2.24, 2.45) is 0 Å². The number of fused-ring (bicyclic) bond motifs is 2. The second kappa shape index (κ2) is 8.60. The van der Waals surface area contributed by atoms with Crippen LogP contribution in [0.2, 0.25) is 0 Å². The monoisotopic (exact) mass is 487 g/mol. The minimum atomic E-state index is -0.661. The van der Waals surface area contributed by atoms with Crippen molar-refractivity contribution in [3.63, 3.8) is 0 Å². The Morgan fingerprint density at radius 2 is 1.39 bits per heavy atom. The summed E-state index contributed by atoms with van der Waals surface area (Å²) in [5.41, 5.74) is 5.48. The molecule has 0 saturated carbocycles. The topological polar surface area (TPSA) is 67.1 Å². The van der Waals surface area contributed by atoms with Crippen LogP contribution >= 0.6 is 0 Å². The summed E-state index contributed by atoms with van der Waals surface area (Å²) in [6.45, 7) is 4.10. The highest BCUT2D eigenvalue weighted by molar-refractivity contribution is 5.87. The van der Waals surface area contributed by atoms with Gasteiger partial charge >= 0.3 is 0 Å². The molecule has 3 aromatic carbocycles. The van der Waals surface area contributed by atoms with E-state index < -0.39 is 11.6 Å². The molecule has 3 heterocycles. The van der Waals surface area contributed by atoms with E-state index in [2.05, 4.69) is 43.9 Å². The van der Waals surface area contributed by atoms with E-state index >= 15 is 0 Å². The summed E-state index contributed by atoms with van der Waals surface area (Å²) < 4.78 is 29.6. The lowest BCUT2D eigenvalue weighted by molar-refractivity contribution is 0.313. The number of H-pyrrole nitrogens is 2. The van der Waals surface area contributed by atoms with Crippen molar-refractivity contribution in [3.05, 3.63) is 60.2 Å². The summed E-state index contributed by atoms with van der Waals surface area (Å²) >= 11 is 0. The van der Waals surface area contributed by atoms with Crippen LogP contribution in [-0.2, 0) is 0 Å². The maximum atomic E-state index is 14.8. The molecule has 1 saturated heterocycles. The molecule has 0 amide bonds. The van der Waals surface area contributed by atoms with Crippen molar-refractivity contribution in [1.82, 2.24) is 24.8 Å². The molecule has 6 rings (SSSR count). The van der Waals surface area contributed by atoms with Crippen LogP contribution in [0.3, 0.4) is 0 Å². The van der Waals surface area contributed by atoms with Crippen molar-refractivity contribution in [2.75, 3.05) is 57.1 Å². The average Bonchev–Trinajstić information content (AvgIpc) is 3.47. The summed E-state index contributed by atoms with van der Waals surface area (Å²) in [7, 11) is 5.62. The number of imidazole rings is 2. The van der Waals surface area contributed by atoms with Gasteiger partial charge in [-0.3, -0.25) is 0 Å². The van der Waals surface area contributed by atoms with E-state index in [4.69, 9.17) is 4.98 Å². The number of nitrogens with one attached hydrogen (secondary N) is 2. The number of aromatic amines is 2. The molecule has 0 aliphatic carbocycles. The molecule has 0 radical (unpaired) electrons. The van der Waals surface area contributed by atoms with Crippen molar-refractivity contribution >= 4 is 33.4 Å². The lowest BCUT2D eigenvalue weighted by Crippen LogP contribution is -2.44. The maximum absolute atomic E-state index is 14.8. The molecule has 2 N–H and O–H groups in total. The highest BCUT2D eigenvalue weighted by Gasteiger charge is 2.19. The minimum Gasteiger partial charge on any atom is -0.377 e. The van der Waals surface area contributed by atoms with E-state index in [1.165, 1.54) is 17.8 Å². The van der Waals surface area contributed by atoms with Crippen molar-refractivity contribution in [3.8, 4) is 22.8 Å². The zero-order valence-electron chi connectivity index (χ0n) is 20.4. The normalized spacial score (nSPS) is 14.8. The van der Waals surface area contributed by atoms with Crippen LogP contribution in [0.1, 0.15) is 0 Å². The highest BCUT2D eigenvalue weighted by atomic mass is 19.1. The standard InChI is InChI=1S/C27H27F2N7/c1-34(2)18-13-19(28)25(20(29)14-18)27-31-21-6-4-16(12-23(21)33-27)26-30-22-7-5-17(15-24(22)32-26)36-10-8-35(3)9-11-36/h4-7,12-15H,8-11H2,1-3H3,(H,30,32)(H,31,33). The molecule has 0 unspecified atom stereocenters. The first-order valence-electron chi connectivity index (χ1n) is 12.0. The molecule has 0 bridgehead atoms. The largest absolute Gasteiger partial charge is 0.377 e. The molecule has 9 heteroatoms. The Kier molecular flexibility index (Phi) is 5.37. The first kappa shape index (κ1) is 22.5. The van der Waals surface area contributed by atoms with Crippen LogP contribution in [0.4, 0.5) is 20.2 Å². The summed E-state index contributed by atoms with van der Waals surface area (Å²) in [6.07, 6.45) is 0. The third-order valence-corrected chi connectivity index (χ3v) is 6.87. The number of hydrogen-bond donors (Lipinski definition) is 2. The molecule has 0 spiro atoms. The van der Waals surface area contributed by atoms with E-state index in [9.17, 15) is 8.78 Å². The zero-order valence-corrected chi connectivity index (χ0v) is 20.4. The number of hydrogen-bond acceptors (Lipinski definition) is 5. The van der Waals surface area contributed by atoms with Gasteiger partial charge in [-0.05, 0) is 55.6 Å². The highest BCUT2D eigenvalue weighted by Crippen LogP contribution is 2.31. The minimum absolute atomic E-state index is 0.156. The molecular formula is C27H27F2N7. The van der Waals surface area contributed by atoms with Gasteiger partial charge in [0.2, 0.25) is 0 Å². The zero-order chi connectivity index (χ0) is 25.0. The number of likely N-dealkylation sites (N-methyl/N-ethyl adjacent to an activating group) is 1. The number of aromatic nitrogens is 4. The number of benzene rings is 3. The second-order valence-corrected chi connectivity index (χ2v) is 9.57. The Bertz CT molecular complexity index is 1560. The fourth-order valence-corrected chi connectivity index (χ4v) is 4.72. The van der Waals surface area contributed by atoms with Crippen LogP contribution in [0.25, 0.3) is 44.8 Å². The number of rotatable bonds is 4. The Morgan fingerprint density at radius 1 is 0.778 bits per heavy atom. The average molecular weight is 488 g/mol. The first-order valence-corrected chi connectivity index (χ1v) is 12.0. The van der Waals surface area contributed by atoms with E-state index in [1.54, 1.807) is 19.0 Å². The van der Waals surface area contributed by atoms with Gasteiger partial charge in [-0.15, -0.1) is 0 Å². The second-order valence-electron chi connectivity index (χ2n) is 9.57. The van der Waals surface area contributed by atoms with E-state index in [1.807, 2.05) is 24.3 Å². The van der Waals surface area contributed by atoms with Gasteiger partial charge < -0.3 is 24.7 Å². The van der Waals surface area contributed by atoms with Gasteiger partial charge in [0, 0.05) is 57.2 Å². The lowest BCUT2D eigenvalue weighted by Gasteiger charge is -2.34. The molecular weight excluding hydrogens is 460 g/mol. The third kappa shape index (κ3) is 3.95. The van der Waals surface area contributed by atoms with Gasteiger partial charge in [-0.1, -0.05) is 0 Å². The number of anilines is 2. The number of halogens is 2. The van der Waals surface area contributed by atoms with Crippen molar-refractivity contribution < 1.29 is 8.78 Å². The predicted molar refractivity (Wildman–Crippen MR) is 141 cm³/mol. The van der Waals surface area contributed by atoms with Gasteiger partial charge in [0.05, 0.1) is 27.6 Å². The fourth-order valence-electron chi connectivity index (χ4n) is 4.72. The Balaban J connectivity index is 1.33. The molecule has 7 nitrogen and oxygen atoms in total. The summed E-state index contributed by atoms with van der Waals surface area (Å²) in [4.78, 5) is 22.1. The van der Waals surface area contributed by atoms with E-state index in [0.717, 1.165) is 48.6 Å².